The summed E-state index contributed by atoms with van der Waals surface area (Å²) in [5.41, 5.74) is 16.7. The average molecular weight is 816 g/mol. The molecule has 0 amide bonds. The molecule has 0 saturated heterocycles. The van der Waals surface area contributed by atoms with Crippen LogP contribution in [0.25, 0.3) is 99.1 Å². The van der Waals surface area contributed by atoms with Gasteiger partial charge in [-0.15, -0.1) is 0 Å². The smallest absolute Gasteiger partial charge is 0.137 e. The molecule has 0 aliphatic heterocycles. The van der Waals surface area contributed by atoms with Crippen LogP contribution in [0.5, 0.6) is 0 Å². The molecule has 0 aliphatic rings. The number of nitrogens with zero attached hydrogens (tertiary/aromatic N) is 1. The Morgan fingerprint density at radius 2 is 0.703 bits per heavy atom. The molecule has 1 heterocycles. The van der Waals surface area contributed by atoms with Gasteiger partial charge < -0.3 is 9.32 Å². The first-order chi connectivity index (χ1) is 31.8. The van der Waals surface area contributed by atoms with Gasteiger partial charge in [-0.2, -0.15) is 0 Å². The quantitative estimate of drug-likeness (QED) is 0.142. The highest BCUT2D eigenvalue weighted by molar-refractivity contribution is 6.22. The van der Waals surface area contributed by atoms with Crippen LogP contribution >= 0.6 is 0 Å². The Bertz CT molecular complexity index is 3570. The zero-order valence-corrected chi connectivity index (χ0v) is 35.0. The van der Waals surface area contributed by atoms with E-state index in [1.807, 2.05) is 12.1 Å². The SMILES string of the molecule is c1ccc(-c2cccc(-c3ccccc3)c2N(c2ccc(-c3ccc4c(c3)c(-c3ccccc3)c(-c3ccccc3)c3ccccc34)cc2)c2ccc3c(c2)oc2ccccc23)cc1. The highest BCUT2D eigenvalue weighted by Gasteiger charge is 2.24. The van der Waals surface area contributed by atoms with Crippen molar-refractivity contribution in [1.82, 2.24) is 0 Å². The van der Waals surface area contributed by atoms with Gasteiger partial charge in [0.2, 0.25) is 0 Å². The Hall–Kier alpha value is -8.46. The van der Waals surface area contributed by atoms with Crippen LogP contribution in [0.4, 0.5) is 17.1 Å². The van der Waals surface area contributed by atoms with Crippen LogP contribution in [0.1, 0.15) is 0 Å². The molecule has 64 heavy (non-hydrogen) atoms. The lowest BCUT2D eigenvalue weighted by atomic mass is 9.84. The molecule has 0 atom stereocenters. The number of fused-ring (bicyclic) bond motifs is 6. The van der Waals surface area contributed by atoms with Gasteiger partial charge in [0, 0.05) is 39.3 Å². The van der Waals surface area contributed by atoms with Gasteiger partial charge in [-0.05, 0) is 102 Å². The largest absolute Gasteiger partial charge is 0.456 e. The molecule has 300 valence electrons. The van der Waals surface area contributed by atoms with Crippen molar-refractivity contribution in [2.24, 2.45) is 0 Å². The summed E-state index contributed by atoms with van der Waals surface area (Å²) < 4.78 is 6.54. The van der Waals surface area contributed by atoms with Gasteiger partial charge >= 0.3 is 0 Å². The highest BCUT2D eigenvalue weighted by Crippen LogP contribution is 2.49. The first-order valence-corrected chi connectivity index (χ1v) is 21.9. The summed E-state index contributed by atoms with van der Waals surface area (Å²) in [6, 6.07) is 89.7. The van der Waals surface area contributed by atoms with Gasteiger partial charge in [0.15, 0.2) is 0 Å². The second kappa shape index (κ2) is 15.8. The second-order valence-corrected chi connectivity index (χ2v) is 16.4. The number of rotatable bonds is 8. The van der Waals surface area contributed by atoms with Gasteiger partial charge in [-0.3, -0.25) is 0 Å². The van der Waals surface area contributed by atoms with Crippen LogP contribution in [0.15, 0.2) is 253 Å². The summed E-state index contributed by atoms with van der Waals surface area (Å²) in [4.78, 5) is 2.41. The maximum Gasteiger partial charge on any atom is 0.137 e. The number of benzene rings is 11. The van der Waals surface area contributed by atoms with E-state index in [2.05, 4.69) is 241 Å². The maximum absolute atomic E-state index is 6.54. The molecule has 0 fully saturated rings. The maximum atomic E-state index is 6.54. The molecule has 2 heteroatoms. The fraction of sp³-hybridized carbons (Fsp3) is 0. The monoisotopic (exact) mass is 815 g/mol. The Kier molecular flexibility index (Phi) is 9.20. The molecule has 0 bridgehead atoms. The van der Waals surface area contributed by atoms with Crippen molar-refractivity contribution in [3.8, 4) is 55.6 Å². The predicted octanol–water partition coefficient (Wildman–Crippen LogP) is 17.7. The van der Waals surface area contributed by atoms with E-state index in [1.54, 1.807) is 0 Å². The third-order valence-electron chi connectivity index (χ3n) is 12.7. The Labute approximate surface area is 372 Å². The van der Waals surface area contributed by atoms with Crippen LogP contribution in [0.2, 0.25) is 0 Å². The van der Waals surface area contributed by atoms with Crippen LogP contribution in [0, 0.1) is 0 Å². The zero-order valence-electron chi connectivity index (χ0n) is 35.0. The van der Waals surface area contributed by atoms with Crippen molar-refractivity contribution in [1.29, 1.82) is 0 Å². The summed E-state index contributed by atoms with van der Waals surface area (Å²) in [6.07, 6.45) is 0. The molecular weight excluding hydrogens is 775 g/mol. The molecule has 0 spiro atoms. The number of furan rings is 1. The van der Waals surface area contributed by atoms with E-state index in [1.165, 1.54) is 43.8 Å². The Morgan fingerprint density at radius 1 is 0.250 bits per heavy atom. The predicted molar refractivity (Wildman–Crippen MR) is 271 cm³/mol. The van der Waals surface area contributed by atoms with E-state index >= 15 is 0 Å². The van der Waals surface area contributed by atoms with Crippen LogP contribution < -0.4 is 4.90 Å². The molecule has 12 rings (SSSR count). The summed E-state index contributed by atoms with van der Waals surface area (Å²) >= 11 is 0. The van der Waals surface area contributed by atoms with E-state index in [0.29, 0.717) is 0 Å². The fourth-order valence-corrected chi connectivity index (χ4v) is 9.73. The Morgan fingerprint density at radius 3 is 1.33 bits per heavy atom. The number of para-hydroxylation sites is 2. The molecule has 11 aromatic carbocycles. The summed E-state index contributed by atoms with van der Waals surface area (Å²) in [5.74, 6) is 0. The highest BCUT2D eigenvalue weighted by atomic mass is 16.3. The van der Waals surface area contributed by atoms with Gasteiger partial charge in [-0.25, -0.2) is 0 Å². The van der Waals surface area contributed by atoms with Gasteiger partial charge in [-0.1, -0.05) is 206 Å². The van der Waals surface area contributed by atoms with Crippen molar-refractivity contribution in [2.75, 3.05) is 4.90 Å². The van der Waals surface area contributed by atoms with Crippen molar-refractivity contribution in [3.05, 3.63) is 249 Å². The molecule has 0 radical (unpaired) electrons. The minimum absolute atomic E-state index is 0.853. The summed E-state index contributed by atoms with van der Waals surface area (Å²) in [6.45, 7) is 0. The lowest BCUT2D eigenvalue weighted by Gasteiger charge is -2.30. The standard InChI is InChI=1S/C62H41NO/c1-5-18-43(19-6-1)50-29-17-30-51(44-20-7-2-8-21-44)62(50)63(49-37-39-55-54-27-15-16-31-58(54)64-59(55)41-49)48-35-32-42(33-36-48)47-34-38-53-52-26-13-14-28-56(52)60(45-22-9-3-10-23-45)61(57(53)40-47)46-24-11-4-12-25-46/h1-41H. The Balaban J connectivity index is 1.07. The molecular formula is C62H41NO. The van der Waals surface area contributed by atoms with Crippen LogP contribution in [-0.2, 0) is 0 Å². The lowest BCUT2D eigenvalue weighted by Crippen LogP contribution is -2.12. The normalized spacial score (nSPS) is 11.4. The zero-order chi connectivity index (χ0) is 42.4. The van der Waals surface area contributed by atoms with E-state index in [0.717, 1.165) is 72.4 Å². The molecule has 0 aliphatic carbocycles. The van der Waals surface area contributed by atoms with Gasteiger partial charge in [0.05, 0.1) is 5.69 Å². The minimum Gasteiger partial charge on any atom is -0.456 e. The molecule has 12 aromatic rings. The molecule has 1 aromatic heterocycles. The van der Waals surface area contributed by atoms with Crippen LogP contribution in [0.3, 0.4) is 0 Å². The van der Waals surface area contributed by atoms with E-state index in [4.69, 9.17) is 4.42 Å². The van der Waals surface area contributed by atoms with Gasteiger partial charge in [0.1, 0.15) is 11.2 Å². The van der Waals surface area contributed by atoms with Crippen molar-refractivity contribution >= 4 is 60.5 Å². The van der Waals surface area contributed by atoms with E-state index in [9.17, 15) is 0 Å². The van der Waals surface area contributed by atoms with Gasteiger partial charge in [0.25, 0.3) is 0 Å². The molecule has 0 unspecified atom stereocenters. The van der Waals surface area contributed by atoms with E-state index in [-0.39, 0.29) is 0 Å². The third kappa shape index (κ3) is 6.44. The average Bonchev–Trinajstić information content (AvgIpc) is 3.75. The molecule has 0 N–H and O–H groups in total. The van der Waals surface area contributed by atoms with Crippen molar-refractivity contribution in [2.45, 2.75) is 0 Å². The number of anilines is 3. The van der Waals surface area contributed by atoms with E-state index < -0.39 is 0 Å². The first-order valence-electron chi connectivity index (χ1n) is 21.9. The molecule has 0 saturated carbocycles. The fourth-order valence-electron chi connectivity index (χ4n) is 9.73. The van der Waals surface area contributed by atoms with Crippen molar-refractivity contribution < 1.29 is 4.42 Å². The third-order valence-corrected chi connectivity index (χ3v) is 12.7. The summed E-state index contributed by atoms with van der Waals surface area (Å²) in [5, 5.41) is 7.20. The topological polar surface area (TPSA) is 16.4 Å². The summed E-state index contributed by atoms with van der Waals surface area (Å²) in [7, 11) is 0. The molecule has 2 nitrogen and oxygen atoms in total. The lowest BCUT2D eigenvalue weighted by molar-refractivity contribution is 0.669. The minimum atomic E-state index is 0.853. The number of hydrogen-bond acceptors (Lipinski definition) is 2. The number of hydrogen-bond donors (Lipinski definition) is 0. The second-order valence-electron chi connectivity index (χ2n) is 16.4. The van der Waals surface area contributed by atoms with Crippen molar-refractivity contribution in [3.63, 3.8) is 0 Å². The van der Waals surface area contributed by atoms with Crippen LogP contribution in [-0.4, -0.2) is 0 Å². The first kappa shape index (κ1) is 37.3.